The van der Waals surface area contributed by atoms with Gasteiger partial charge in [0.25, 0.3) is 0 Å². The molecule has 0 bridgehead atoms. The molecular formula is C35H68N2O. The van der Waals surface area contributed by atoms with E-state index in [1.165, 1.54) is 154 Å². The molecule has 1 rings (SSSR count). The van der Waals surface area contributed by atoms with E-state index in [9.17, 15) is 5.11 Å². The zero-order valence-corrected chi connectivity index (χ0v) is 26.2. The van der Waals surface area contributed by atoms with Crippen molar-refractivity contribution >= 4 is 5.84 Å². The van der Waals surface area contributed by atoms with Crippen LogP contribution in [0.1, 0.15) is 181 Å². The van der Waals surface area contributed by atoms with Gasteiger partial charge in [-0.15, -0.1) is 0 Å². The first-order valence-electron chi connectivity index (χ1n) is 17.3. The van der Waals surface area contributed by atoms with Crippen molar-refractivity contribution in [2.24, 2.45) is 4.99 Å². The second-order valence-electron chi connectivity index (χ2n) is 12.1. The fraction of sp³-hybridized carbons (Fsp3) is 0.914. The van der Waals surface area contributed by atoms with Crippen LogP contribution < -0.4 is 0 Å². The number of aliphatic imine (C=N–C) groups is 1. The summed E-state index contributed by atoms with van der Waals surface area (Å²) in [7, 11) is 0. The van der Waals surface area contributed by atoms with Crippen molar-refractivity contribution < 1.29 is 5.11 Å². The molecule has 1 aliphatic heterocycles. The molecule has 1 aliphatic rings. The van der Waals surface area contributed by atoms with E-state index in [2.05, 4.69) is 30.9 Å². The molecule has 2 unspecified atom stereocenters. The molecule has 3 nitrogen and oxygen atoms in total. The van der Waals surface area contributed by atoms with Crippen molar-refractivity contribution in [3.63, 3.8) is 0 Å². The van der Waals surface area contributed by atoms with Gasteiger partial charge in [-0.3, -0.25) is 4.99 Å². The van der Waals surface area contributed by atoms with Gasteiger partial charge in [-0.1, -0.05) is 142 Å². The Bertz CT molecular complexity index is 556. The Labute approximate surface area is 239 Å². The Morgan fingerprint density at radius 3 is 1.61 bits per heavy atom. The van der Waals surface area contributed by atoms with E-state index in [0.717, 1.165) is 25.9 Å². The first-order chi connectivity index (χ1) is 18.7. The molecule has 0 aromatic heterocycles. The number of unbranched alkanes of at least 4 members (excludes halogenated alkanes) is 20. The molecule has 0 spiro atoms. The van der Waals surface area contributed by atoms with Crippen LogP contribution in [0, 0.1) is 0 Å². The van der Waals surface area contributed by atoms with Crippen LogP contribution in [0.3, 0.4) is 0 Å². The van der Waals surface area contributed by atoms with E-state index in [4.69, 9.17) is 4.99 Å². The van der Waals surface area contributed by atoms with E-state index in [1.54, 1.807) is 0 Å². The second kappa shape index (κ2) is 26.4. The number of hydrogen-bond donors (Lipinski definition) is 1. The normalized spacial score (nSPS) is 15.5. The average Bonchev–Trinajstić information content (AvgIpc) is 3.37. The number of rotatable bonds is 28. The van der Waals surface area contributed by atoms with Crippen molar-refractivity contribution in [1.82, 2.24) is 4.90 Å². The predicted molar refractivity (Wildman–Crippen MR) is 170 cm³/mol. The van der Waals surface area contributed by atoms with Crippen molar-refractivity contribution in [1.29, 1.82) is 0 Å². The van der Waals surface area contributed by atoms with Crippen molar-refractivity contribution in [3.8, 4) is 0 Å². The maximum atomic E-state index is 10.5. The maximum absolute atomic E-state index is 10.5. The lowest BCUT2D eigenvalue weighted by Gasteiger charge is -2.33. The zero-order valence-electron chi connectivity index (χ0n) is 26.2. The highest BCUT2D eigenvalue weighted by molar-refractivity contribution is 5.84. The van der Waals surface area contributed by atoms with Gasteiger partial charge in [0, 0.05) is 13.0 Å². The van der Waals surface area contributed by atoms with Crippen LogP contribution in [0.15, 0.2) is 17.1 Å². The molecule has 224 valence electrons. The monoisotopic (exact) mass is 533 g/mol. The molecule has 0 saturated carbocycles. The first kappa shape index (κ1) is 35.2. The van der Waals surface area contributed by atoms with E-state index < -0.39 is 0 Å². The number of allylic oxidation sites excluding steroid dienone is 2. The minimum absolute atomic E-state index is 0.254. The lowest BCUT2D eigenvalue weighted by molar-refractivity contribution is 0.0953. The van der Waals surface area contributed by atoms with Gasteiger partial charge >= 0.3 is 0 Å². The predicted octanol–water partition coefficient (Wildman–Crippen LogP) is 10.8. The highest BCUT2D eigenvalue weighted by Crippen LogP contribution is 2.21. The van der Waals surface area contributed by atoms with Crippen LogP contribution in [0.4, 0.5) is 0 Å². The van der Waals surface area contributed by atoms with Gasteiger partial charge in [0.15, 0.2) is 0 Å². The molecule has 1 N–H and O–H groups in total. The smallest absolute Gasteiger partial charge is 0.0993 e. The first-order valence-corrected chi connectivity index (χ1v) is 17.3. The SMILES string of the molecule is CCCCCCCC/C=C\CCCCCCCC(C(C)O)N1CCN=C1CCCCCCCCCCCC. The summed E-state index contributed by atoms with van der Waals surface area (Å²) < 4.78 is 0. The Morgan fingerprint density at radius 2 is 1.11 bits per heavy atom. The van der Waals surface area contributed by atoms with Crippen LogP contribution in [-0.4, -0.2) is 41.1 Å². The average molecular weight is 533 g/mol. The largest absolute Gasteiger partial charge is 0.391 e. The minimum atomic E-state index is -0.275. The fourth-order valence-corrected chi connectivity index (χ4v) is 5.94. The van der Waals surface area contributed by atoms with Gasteiger partial charge < -0.3 is 10.0 Å². The maximum Gasteiger partial charge on any atom is 0.0993 e. The highest BCUT2D eigenvalue weighted by Gasteiger charge is 2.27. The third-order valence-corrected chi connectivity index (χ3v) is 8.44. The Balaban J connectivity index is 2.07. The molecular weight excluding hydrogens is 464 g/mol. The molecule has 0 aromatic carbocycles. The summed E-state index contributed by atoms with van der Waals surface area (Å²) in [5, 5.41) is 10.5. The number of hydrogen-bond acceptors (Lipinski definition) is 3. The van der Waals surface area contributed by atoms with Crippen LogP contribution in [0.25, 0.3) is 0 Å². The standard InChI is InChI=1S/C35H68N2O/c1-4-6-8-10-12-14-16-17-18-19-20-21-23-25-27-29-34(33(3)38)37-32-31-36-35(37)30-28-26-24-22-15-13-11-9-7-5-2/h17-18,33-34,38H,4-16,19-32H2,1-3H3/b18-17-. The third kappa shape index (κ3) is 19.3. The molecule has 38 heavy (non-hydrogen) atoms. The van der Waals surface area contributed by atoms with E-state index in [1.807, 2.05) is 6.92 Å². The summed E-state index contributed by atoms with van der Waals surface area (Å²) >= 11 is 0. The third-order valence-electron chi connectivity index (χ3n) is 8.44. The van der Waals surface area contributed by atoms with Gasteiger partial charge in [0.05, 0.1) is 24.5 Å². The topological polar surface area (TPSA) is 35.8 Å². The summed E-state index contributed by atoms with van der Waals surface area (Å²) in [5.41, 5.74) is 0. The van der Waals surface area contributed by atoms with Crippen LogP contribution in [0.2, 0.25) is 0 Å². The molecule has 0 radical (unpaired) electrons. The molecule has 1 heterocycles. The summed E-state index contributed by atoms with van der Waals surface area (Å²) in [5.74, 6) is 1.28. The van der Waals surface area contributed by atoms with Gasteiger partial charge in [-0.25, -0.2) is 0 Å². The fourth-order valence-electron chi connectivity index (χ4n) is 5.94. The highest BCUT2D eigenvalue weighted by atomic mass is 16.3. The van der Waals surface area contributed by atoms with Gasteiger partial charge in [-0.05, 0) is 45.4 Å². The summed E-state index contributed by atoms with van der Waals surface area (Å²) in [6.07, 6.45) is 38.0. The quantitative estimate of drug-likeness (QED) is 0.0803. The summed E-state index contributed by atoms with van der Waals surface area (Å²) in [6, 6.07) is 0.254. The lowest BCUT2D eigenvalue weighted by Crippen LogP contribution is -2.44. The van der Waals surface area contributed by atoms with E-state index >= 15 is 0 Å². The van der Waals surface area contributed by atoms with Crippen molar-refractivity contribution in [2.45, 2.75) is 193 Å². The Kier molecular flexibility index (Phi) is 24.4. The Morgan fingerprint density at radius 1 is 0.658 bits per heavy atom. The number of aliphatic hydroxyl groups excluding tert-OH is 1. The molecule has 0 saturated heterocycles. The number of amidine groups is 1. The molecule has 0 aromatic rings. The van der Waals surface area contributed by atoms with Crippen LogP contribution >= 0.6 is 0 Å². The molecule has 0 aliphatic carbocycles. The zero-order chi connectivity index (χ0) is 27.5. The summed E-state index contributed by atoms with van der Waals surface area (Å²) in [6.45, 7) is 8.49. The van der Waals surface area contributed by atoms with Gasteiger partial charge in [0.1, 0.15) is 0 Å². The number of nitrogens with zero attached hydrogens (tertiary/aromatic N) is 2. The second-order valence-corrected chi connectivity index (χ2v) is 12.1. The summed E-state index contributed by atoms with van der Waals surface area (Å²) in [4.78, 5) is 7.31. The van der Waals surface area contributed by atoms with Crippen molar-refractivity contribution in [2.75, 3.05) is 13.1 Å². The van der Waals surface area contributed by atoms with E-state index in [-0.39, 0.29) is 12.1 Å². The number of aliphatic hydroxyl groups is 1. The minimum Gasteiger partial charge on any atom is -0.391 e. The van der Waals surface area contributed by atoms with Crippen LogP contribution in [0.5, 0.6) is 0 Å². The van der Waals surface area contributed by atoms with Crippen molar-refractivity contribution in [3.05, 3.63) is 12.2 Å². The van der Waals surface area contributed by atoms with Gasteiger partial charge in [0.2, 0.25) is 0 Å². The molecule has 3 heteroatoms. The Hall–Kier alpha value is -0.830. The molecule has 0 amide bonds. The van der Waals surface area contributed by atoms with E-state index in [0.29, 0.717) is 0 Å². The molecule has 0 fully saturated rings. The van der Waals surface area contributed by atoms with Crippen LogP contribution in [-0.2, 0) is 0 Å². The van der Waals surface area contributed by atoms with Gasteiger partial charge in [-0.2, -0.15) is 0 Å². The lowest BCUT2D eigenvalue weighted by atomic mass is 10.00. The molecule has 2 atom stereocenters.